The summed E-state index contributed by atoms with van der Waals surface area (Å²) in [5, 5.41) is 3.33. The Labute approximate surface area is 112 Å². The number of nitrogens with two attached hydrogens (primary N) is 2. The van der Waals surface area contributed by atoms with E-state index in [0.717, 1.165) is 25.1 Å². The molecule has 19 heavy (non-hydrogen) atoms. The van der Waals surface area contributed by atoms with Gasteiger partial charge < -0.3 is 21.5 Å². The molecule has 5 nitrogen and oxygen atoms in total. The maximum absolute atomic E-state index is 11.4. The highest BCUT2D eigenvalue weighted by molar-refractivity contribution is 5.98. The smallest absolute Gasteiger partial charge is 0.250 e. The Bertz CT molecular complexity index is 491. The predicted molar refractivity (Wildman–Crippen MR) is 72.8 cm³/mol. The van der Waals surface area contributed by atoms with E-state index in [1.165, 1.54) is 0 Å². The number of anilines is 1. The minimum absolute atomic E-state index is 0.0609. The van der Waals surface area contributed by atoms with Crippen LogP contribution >= 0.6 is 0 Å². The third-order valence-corrected chi connectivity index (χ3v) is 4.19. The van der Waals surface area contributed by atoms with Crippen molar-refractivity contribution in [1.29, 1.82) is 0 Å². The SMILES string of the molecule is NC(=O)c1ccccc1NC1C(N)C2CCCOC21. The summed E-state index contributed by atoms with van der Waals surface area (Å²) >= 11 is 0. The number of carbonyl (C=O) groups is 1. The maximum atomic E-state index is 11.4. The van der Waals surface area contributed by atoms with Crippen LogP contribution in [-0.4, -0.2) is 30.7 Å². The van der Waals surface area contributed by atoms with E-state index >= 15 is 0 Å². The third-order valence-electron chi connectivity index (χ3n) is 4.19. The molecule has 5 N–H and O–H groups in total. The summed E-state index contributed by atoms with van der Waals surface area (Å²) in [6.07, 6.45) is 2.37. The van der Waals surface area contributed by atoms with Crippen LogP contribution in [0.3, 0.4) is 0 Å². The molecule has 2 aliphatic rings. The van der Waals surface area contributed by atoms with Gasteiger partial charge in [0.1, 0.15) is 0 Å². The summed E-state index contributed by atoms with van der Waals surface area (Å²) in [5.41, 5.74) is 12.8. The normalized spacial score (nSPS) is 33.1. The number of benzene rings is 1. The zero-order valence-electron chi connectivity index (χ0n) is 10.7. The molecule has 0 radical (unpaired) electrons. The minimum Gasteiger partial charge on any atom is -0.377 e. The van der Waals surface area contributed by atoms with Gasteiger partial charge in [0.15, 0.2) is 0 Å². The first-order chi connectivity index (χ1) is 9.18. The Balaban J connectivity index is 1.77. The zero-order chi connectivity index (χ0) is 13.4. The summed E-state index contributed by atoms with van der Waals surface area (Å²) in [5.74, 6) is 0.00379. The molecule has 1 saturated heterocycles. The van der Waals surface area contributed by atoms with Crippen molar-refractivity contribution in [3.05, 3.63) is 29.8 Å². The number of fused-ring (bicyclic) bond motifs is 1. The molecule has 102 valence electrons. The van der Waals surface area contributed by atoms with Gasteiger partial charge in [0.05, 0.1) is 17.7 Å². The number of primary amides is 1. The first-order valence-electron chi connectivity index (χ1n) is 6.71. The molecule has 4 atom stereocenters. The Kier molecular flexibility index (Phi) is 3.16. The number of hydrogen-bond donors (Lipinski definition) is 3. The number of para-hydroxylation sites is 1. The van der Waals surface area contributed by atoms with Crippen LogP contribution in [0.2, 0.25) is 0 Å². The van der Waals surface area contributed by atoms with Crippen LogP contribution in [0.15, 0.2) is 24.3 Å². The number of hydrogen-bond acceptors (Lipinski definition) is 4. The van der Waals surface area contributed by atoms with Crippen molar-refractivity contribution in [3.63, 3.8) is 0 Å². The fourth-order valence-corrected chi connectivity index (χ4v) is 3.13. The second-order valence-electron chi connectivity index (χ2n) is 5.30. The van der Waals surface area contributed by atoms with E-state index in [-0.39, 0.29) is 18.2 Å². The highest BCUT2D eigenvalue weighted by Gasteiger charge is 2.50. The predicted octanol–water partition coefficient (Wildman–Crippen LogP) is 0.702. The molecule has 1 saturated carbocycles. The van der Waals surface area contributed by atoms with Crippen molar-refractivity contribution in [1.82, 2.24) is 0 Å². The Morgan fingerprint density at radius 3 is 2.95 bits per heavy atom. The average Bonchev–Trinajstić information content (AvgIpc) is 2.44. The minimum atomic E-state index is -0.433. The van der Waals surface area contributed by atoms with Gasteiger partial charge in [0, 0.05) is 24.3 Å². The number of amides is 1. The first kappa shape index (κ1) is 12.4. The first-order valence-corrected chi connectivity index (χ1v) is 6.71. The van der Waals surface area contributed by atoms with Gasteiger partial charge in [-0.3, -0.25) is 4.79 Å². The van der Waals surface area contributed by atoms with E-state index in [2.05, 4.69) is 5.32 Å². The van der Waals surface area contributed by atoms with Crippen molar-refractivity contribution in [2.45, 2.75) is 31.0 Å². The van der Waals surface area contributed by atoms with Crippen molar-refractivity contribution in [2.24, 2.45) is 17.4 Å². The van der Waals surface area contributed by atoms with Gasteiger partial charge in [0.25, 0.3) is 5.91 Å². The molecule has 0 spiro atoms. The Morgan fingerprint density at radius 2 is 2.16 bits per heavy atom. The fourth-order valence-electron chi connectivity index (χ4n) is 3.13. The van der Waals surface area contributed by atoms with Gasteiger partial charge in [-0.2, -0.15) is 0 Å². The van der Waals surface area contributed by atoms with Crippen molar-refractivity contribution in [2.75, 3.05) is 11.9 Å². The molecule has 0 bridgehead atoms. The van der Waals surface area contributed by atoms with Crippen molar-refractivity contribution in [3.8, 4) is 0 Å². The monoisotopic (exact) mass is 261 g/mol. The van der Waals surface area contributed by atoms with Gasteiger partial charge in [-0.05, 0) is 25.0 Å². The van der Waals surface area contributed by atoms with Gasteiger partial charge in [-0.1, -0.05) is 12.1 Å². The summed E-state index contributed by atoms with van der Waals surface area (Å²) in [6, 6.07) is 7.37. The molecular formula is C14H19N3O2. The molecule has 5 heteroatoms. The number of ether oxygens (including phenoxy) is 1. The van der Waals surface area contributed by atoms with E-state index in [9.17, 15) is 4.79 Å². The highest BCUT2D eigenvalue weighted by atomic mass is 16.5. The van der Waals surface area contributed by atoms with Gasteiger partial charge in [0.2, 0.25) is 0 Å². The largest absolute Gasteiger partial charge is 0.377 e. The Morgan fingerprint density at radius 1 is 1.37 bits per heavy atom. The van der Waals surface area contributed by atoms with Crippen LogP contribution in [0.1, 0.15) is 23.2 Å². The molecule has 1 aliphatic carbocycles. The molecule has 1 amide bonds. The van der Waals surface area contributed by atoms with Crippen molar-refractivity contribution < 1.29 is 9.53 Å². The lowest BCUT2D eigenvalue weighted by atomic mass is 9.68. The van der Waals surface area contributed by atoms with Crippen LogP contribution in [0.4, 0.5) is 5.69 Å². The average molecular weight is 261 g/mol. The topological polar surface area (TPSA) is 90.4 Å². The maximum Gasteiger partial charge on any atom is 0.250 e. The van der Waals surface area contributed by atoms with E-state index in [0.29, 0.717) is 11.5 Å². The van der Waals surface area contributed by atoms with Crippen molar-refractivity contribution >= 4 is 11.6 Å². The standard InChI is InChI=1S/C14H19N3O2/c15-11-9-5-3-7-19-13(9)12(11)17-10-6-2-1-4-8(10)14(16)18/h1-2,4,6,9,11-13,17H,3,5,7,15H2,(H2,16,18). The van der Waals surface area contributed by atoms with Crippen LogP contribution in [-0.2, 0) is 4.74 Å². The second-order valence-corrected chi connectivity index (χ2v) is 5.30. The fraction of sp³-hybridized carbons (Fsp3) is 0.500. The van der Waals surface area contributed by atoms with E-state index < -0.39 is 5.91 Å². The molecule has 4 unspecified atom stereocenters. The molecule has 1 heterocycles. The molecule has 1 aromatic rings. The summed E-state index contributed by atoms with van der Waals surface area (Å²) in [4.78, 5) is 11.4. The van der Waals surface area contributed by atoms with Gasteiger partial charge >= 0.3 is 0 Å². The molecule has 2 fully saturated rings. The molecule has 1 aromatic carbocycles. The molecule has 0 aromatic heterocycles. The Hall–Kier alpha value is -1.59. The van der Waals surface area contributed by atoms with Crippen LogP contribution < -0.4 is 16.8 Å². The lowest BCUT2D eigenvalue weighted by molar-refractivity contribution is -0.104. The lowest BCUT2D eigenvalue weighted by Gasteiger charge is -2.52. The molecule has 3 rings (SSSR count). The van der Waals surface area contributed by atoms with Gasteiger partial charge in [-0.25, -0.2) is 0 Å². The number of carbonyl (C=O) groups excluding carboxylic acids is 1. The van der Waals surface area contributed by atoms with E-state index in [4.69, 9.17) is 16.2 Å². The summed E-state index contributed by atoms with van der Waals surface area (Å²) in [7, 11) is 0. The third kappa shape index (κ3) is 2.09. The molecule has 1 aliphatic heterocycles. The summed E-state index contributed by atoms with van der Waals surface area (Å²) < 4.78 is 5.77. The number of nitrogens with one attached hydrogen (secondary N) is 1. The van der Waals surface area contributed by atoms with Crippen LogP contribution in [0.25, 0.3) is 0 Å². The molecular weight excluding hydrogens is 242 g/mol. The highest BCUT2D eigenvalue weighted by Crippen LogP contribution is 2.38. The van der Waals surface area contributed by atoms with Crippen LogP contribution in [0.5, 0.6) is 0 Å². The second kappa shape index (κ2) is 4.83. The lowest BCUT2D eigenvalue weighted by Crippen LogP contribution is -2.69. The number of rotatable bonds is 3. The van der Waals surface area contributed by atoms with E-state index in [1.807, 2.05) is 12.1 Å². The zero-order valence-corrected chi connectivity index (χ0v) is 10.7. The van der Waals surface area contributed by atoms with E-state index in [1.54, 1.807) is 12.1 Å². The van der Waals surface area contributed by atoms with Crippen LogP contribution in [0, 0.1) is 5.92 Å². The summed E-state index contributed by atoms with van der Waals surface area (Å²) in [6.45, 7) is 0.795. The quantitative estimate of drug-likeness (QED) is 0.747. The van der Waals surface area contributed by atoms with Gasteiger partial charge in [-0.15, -0.1) is 0 Å².